The van der Waals surface area contributed by atoms with Gasteiger partial charge in [-0.3, -0.25) is 9.59 Å². The summed E-state index contributed by atoms with van der Waals surface area (Å²) in [6.07, 6.45) is 6.52. The summed E-state index contributed by atoms with van der Waals surface area (Å²) in [5.74, 6) is -1.19. The molecule has 5 atom stereocenters. The average molecular weight is 620 g/mol. The molecule has 1 heterocycles. The van der Waals surface area contributed by atoms with Crippen molar-refractivity contribution in [3.63, 3.8) is 0 Å². The van der Waals surface area contributed by atoms with Gasteiger partial charge in [0.2, 0.25) is 0 Å². The van der Waals surface area contributed by atoms with Crippen LogP contribution in [0.15, 0.2) is 36.3 Å². The fraction of sp³-hybridized carbons (Fsp3) is 0.676. The normalized spacial score (nSPS) is 16.7. The zero-order valence-corrected chi connectivity index (χ0v) is 29.9. The molecule has 0 unspecified atom stereocenters. The Morgan fingerprint density at radius 1 is 1.14 bits per heavy atom. The zero-order chi connectivity index (χ0) is 32.5. The molecule has 0 radical (unpaired) electrons. The summed E-state index contributed by atoms with van der Waals surface area (Å²) >= 11 is 1.57. The third-order valence-corrected chi connectivity index (χ3v) is 14.1. The maximum Gasteiger partial charge on any atom is 0.309 e. The maximum atomic E-state index is 14.0. The number of unbranched alkanes of at least 4 members (excludes halogenated alkanes) is 1. The molecule has 1 rings (SSSR count). The molecule has 0 saturated heterocycles. The number of hydrogen-bond acceptors (Lipinski definition) is 7. The van der Waals surface area contributed by atoms with Gasteiger partial charge in [-0.2, -0.15) is 0 Å². The molecular formula is C34H57NO5SSi. The summed E-state index contributed by atoms with van der Waals surface area (Å²) in [6, 6.07) is 0. The molecule has 0 aliphatic carbocycles. The van der Waals surface area contributed by atoms with Crippen molar-refractivity contribution in [1.82, 2.24) is 4.98 Å². The van der Waals surface area contributed by atoms with Crippen molar-refractivity contribution in [1.29, 1.82) is 0 Å². The highest BCUT2D eigenvalue weighted by Gasteiger charge is 2.48. The summed E-state index contributed by atoms with van der Waals surface area (Å²) in [6.45, 7) is 29.6. The number of aryl methyl sites for hydroxylation is 1. The SMILES string of the molecule is C=CCCC[C@H](C)[C@@H](O)[C@H](C)C(=O)C(C)(C)[C@H](CC(=O)O[C@@H](CC=C)/C(C)=C/c1csc(C)n1)O[Si](C)(C)C(C)(C)C. The van der Waals surface area contributed by atoms with Gasteiger partial charge in [-0.1, -0.05) is 60.6 Å². The fourth-order valence-corrected chi connectivity index (χ4v) is 6.75. The van der Waals surface area contributed by atoms with E-state index in [0.29, 0.717) is 6.42 Å². The lowest BCUT2D eigenvalue weighted by molar-refractivity contribution is -0.153. The van der Waals surface area contributed by atoms with E-state index in [1.54, 1.807) is 24.3 Å². The Morgan fingerprint density at radius 2 is 1.76 bits per heavy atom. The van der Waals surface area contributed by atoms with Crippen LogP contribution in [0.4, 0.5) is 0 Å². The summed E-state index contributed by atoms with van der Waals surface area (Å²) in [5.41, 5.74) is 0.664. The Bertz CT molecular complexity index is 1080. The number of nitrogens with zero attached hydrogens (tertiary/aromatic N) is 1. The Hall–Kier alpha value is -1.87. The Morgan fingerprint density at radius 3 is 2.26 bits per heavy atom. The smallest absolute Gasteiger partial charge is 0.309 e. The molecule has 42 heavy (non-hydrogen) atoms. The van der Waals surface area contributed by atoms with E-state index in [0.717, 1.165) is 35.5 Å². The van der Waals surface area contributed by atoms with Gasteiger partial charge < -0.3 is 14.3 Å². The van der Waals surface area contributed by atoms with Crippen LogP contribution >= 0.6 is 11.3 Å². The standard InChI is InChI=1S/C34H57NO5SSi/c1-14-16-17-19-23(3)31(37)25(5)32(38)34(10,11)29(40-42(12,13)33(7,8)9)21-30(36)39-28(18-15-2)24(4)20-27-22-41-26(6)35-27/h14-15,20,22-23,25,28-29,31,37H,1-2,16-19,21H2,3-13H3/b24-20+/t23-,25-,28-,29-,31+/m0/s1. The third kappa shape index (κ3) is 11.0. The number of hydrogen-bond donors (Lipinski definition) is 1. The zero-order valence-electron chi connectivity index (χ0n) is 28.1. The van der Waals surface area contributed by atoms with Crippen LogP contribution < -0.4 is 0 Å². The third-order valence-electron chi connectivity index (χ3n) is 8.79. The van der Waals surface area contributed by atoms with E-state index in [1.807, 2.05) is 52.2 Å². The number of aromatic nitrogens is 1. The molecule has 0 aromatic carbocycles. The molecule has 0 aliphatic heterocycles. The highest BCUT2D eigenvalue weighted by Crippen LogP contribution is 2.42. The number of Topliss-reactive ketones (excluding diaryl/α,β-unsaturated/α-hetero) is 1. The number of thiazole rings is 1. The van der Waals surface area contributed by atoms with Crippen LogP contribution in [0, 0.1) is 24.2 Å². The fourth-order valence-electron chi connectivity index (χ4n) is 4.73. The van der Waals surface area contributed by atoms with Crippen molar-refractivity contribution in [2.45, 2.75) is 131 Å². The molecule has 0 amide bonds. The topological polar surface area (TPSA) is 85.7 Å². The molecule has 1 aromatic rings. The molecule has 0 fully saturated rings. The van der Waals surface area contributed by atoms with E-state index >= 15 is 0 Å². The van der Waals surface area contributed by atoms with Gasteiger partial charge in [-0.05, 0) is 68.8 Å². The molecular weight excluding hydrogens is 563 g/mol. The highest BCUT2D eigenvalue weighted by molar-refractivity contribution is 7.09. The van der Waals surface area contributed by atoms with Crippen LogP contribution in [0.1, 0.15) is 98.2 Å². The lowest BCUT2D eigenvalue weighted by Crippen LogP contribution is -2.52. The number of allylic oxidation sites excluding steroid dienone is 1. The molecule has 6 nitrogen and oxygen atoms in total. The second-order valence-corrected chi connectivity index (χ2v) is 19.6. The molecule has 0 aliphatic rings. The van der Waals surface area contributed by atoms with Crippen molar-refractivity contribution in [2.75, 3.05) is 0 Å². The molecule has 0 saturated carbocycles. The molecule has 8 heteroatoms. The monoisotopic (exact) mass is 619 g/mol. The van der Waals surface area contributed by atoms with Gasteiger partial charge >= 0.3 is 5.97 Å². The van der Waals surface area contributed by atoms with Gasteiger partial charge in [0, 0.05) is 23.1 Å². The Kier molecular flexibility index (Phi) is 14.8. The molecule has 0 spiro atoms. The van der Waals surface area contributed by atoms with Gasteiger partial charge in [-0.25, -0.2) is 4.98 Å². The molecule has 1 aromatic heterocycles. The van der Waals surface area contributed by atoms with E-state index in [1.165, 1.54) is 0 Å². The number of aliphatic hydroxyl groups is 1. The quantitative estimate of drug-likeness (QED) is 0.0766. The highest BCUT2D eigenvalue weighted by atomic mass is 32.1. The predicted octanol–water partition coefficient (Wildman–Crippen LogP) is 8.71. The summed E-state index contributed by atoms with van der Waals surface area (Å²) < 4.78 is 12.8. The second-order valence-electron chi connectivity index (χ2n) is 13.8. The number of ketones is 1. The van der Waals surface area contributed by atoms with Crippen LogP contribution in [0.5, 0.6) is 0 Å². The van der Waals surface area contributed by atoms with Crippen molar-refractivity contribution < 1.29 is 23.9 Å². The van der Waals surface area contributed by atoms with E-state index in [9.17, 15) is 14.7 Å². The van der Waals surface area contributed by atoms with Gasteiger partial charge in [0.1, 0.15) is 11.9 Å². The molecule has 1 N–H and O–H groups in total. The minimum atomic E-state index is -2.39. The van der Waals surface area contributed by atoms with E-state index in [4.69, 9.17) is 9.16 Å². The van der Waals surface area contributed by atoms with E-state index in [2.05, 4.69) is 52.0 Å². The van der Waals surface area contributed by atoms with Crippen LogP contribution in [0.25, 0.3) is 6.08 Å². The van der Waals surface area contributed by atoms with Gasteiger partial charge in [0.15, 0.2) is 8.32 Å². The minimum absolute atomic E-state index is 0.0413. The minimum Gasteiger partial charge on any atom is -0.457 e. The first kappa shape index (κ1) is 38.2. The first-order valence-electron chi connectivity index (χ1n) is 15.2. The molecule has 238 valence electrons. The maximum absolute atomic E-state index is 14.0. The predicted molar refractivity (Wildman–Crippen MR) is 179 cm³/mol. The lowest BCUT2D eigenvalue weighted by atomic mass is 9.73. The Balaban J connectivity index is 3.28. The summed E-state index contributed by atoms with van der Waals surface area (Å²) in [7, 11) is -2.39. The number of ether oxygens (including phenoxy) is 1. The second kappa shape index (κ2) is 16.3. The number of carbonyl (C=O) groups excluding carboxylic acids is 2. The van der Waals surface area contributed by atoms with Crippen LogP contribution in [0.3, 0.4) is 0 Å². The summed E-state index contributed by atoms with van der Waals surface area (Å²) in [4.78, 5) is 32.0. The number of carbonyl (C=O) groups is 2. The number of rotatable bonds is 18. The lowest BCUT2D eigenvalue weighted by Gasteiger charge is -2.44. The van der Waals surface area contributed by atoms with Crippen molar-refractivity contribution in [3.05, 3.63) is 47.0 Å². The Labute approximate surface area is 260 Å². The van der Waals surface area contributed by atoms with E-state index in [-0.39, 0.29) is 23.2 Å². The van der Waals surface area contributed by atoms with E-state index < -0.39 is 43.9 Å². The number of esters is 1. The van der Waals surface area contributed by atoms with Crippen molar-refractivity contribution >= 4 is 37.5 Å². The van der Waals surface area contributed by atoms with Crippen molar-refractivity contribution in [2.24, 2.45) is 17.3 Å². The molecule has 0 bridgehead atoms. The van der Waals surface area contributed by atoms with Crippen molar-refractivity contribution in [3.8, 4) is 0 Å². The number of aliphatic hydroxyl groups excluding tert-OH is 1. The largest absolute Gasteiger partial charge is 0.457 e. The van der Waals surface area contributed by atoms with Gasteiger partial charge in [0.25, 0.3) is 0 Å². The van der Waals surface area contributed by atoms with Crippen LogP contribution in [-0.4, -0.2) is 48.5 Å². The first-order valence-corrected chi connectivity index (χ1v) is 19.0. The summed E-state index contributed by atoms with van der Waals surface area (Å²) in [5, 5.41) is 13.9. The van der Waals surface area contributed by atoms with Crippen LogP contribution in [-0.2, 0) is 18.8 Å². The van der Waals surface area contributed by atoms with Gasteiger partial charge in [-0.15, -0.1) is 24.5 Å². The average Bonchev–Trinajstić information content (AvgIpc) is 3.29. The van der Waals surface area contributed by atoms with Gasteiger partial charge in [0.05, 0.1) is 29.3 Å². The first-order chi connectivity index (χ1) is 19.3. The van der Waals surface area contributed by atoms with Crippen LogP contribution in [0.2, 0.25) is 18.1 Å².